The van der Waals surface area contributed by atoms with E-state index in [1.54, 1.807) is 6.07 Å². The number of benzene rings is 1. The van der Waals surface area contributed by atoms with E-state index in [9.17, 15) is 4.79 Å². The molecule has 1 aromatic carbocycles. The summed E-state index contributed by atoms with van der Waals surface area (Å²) in [6.07, 6.45) is 3.10. The molecule has 1 amide bonds. The predicted octanol–water partition coefficient (Wildman–Crippen LogP) is 3.22. The van der Waals surface area contributed by atoms with Crippen LogP contribution in [0.1, 0.15) is 47.1 Å². The van der Waals surface area contributed by atoms with Gasteiger partial charge in [0.25, 0.3) is 5.91 Å². The average molecular weight is 338 g/mol. The Morgan fingerprint density at radius 3 is 2.76 bits per heavy atom. The molecule has 25 heavy (non-hydrogen) atoms. The number of fused-ring (bicyclic) bond motifs is 1. The zero-order valence-electron chi connectivity index (χ0n) is 15.3. The molecule has 1 aliphatic heterocycles. The molecule has 0 bridgehead atoms. The predicted molar refractivity (Wildman–Crippen MR) is 99.8 cm³/mol. The number of anilines is 1. The largest absolute Gasteiger partial charge is 0.344 e. The summed E-state index contributed by atoms with van der Waals surface area (Å²) in [5.74, 6) is 0.624. The topological polar surface area (TPSA) is 49.3 Å². The van der Waals surface area contributed by atoms with Crippen molar-refractivity contribution in [3.05, 3.63) is 52.8 Å². The molecule has 0 spiro atoms. The number of carbonyl (C=O) groups excluding carboxylic acids is 1. The number of aromatic nitrogens is 2. The van der Waals surface area contributed by atoms with Gasteiger partial charge in [-0.05, 0) is 37.0 Å². The van der Waals surface area contributed by atoms with Gasteiger partial charge in [0.05, 0.1) is 0 Å². The Balaban J connectivity index is 1.79. The smallest absolute Gasteiger partial charge is 0.272 e. The van der Waals surface area contributed by atoms with Crippen molar-refractivity contribution in [1.29, 1.82) is 0 Å². The van der Waals surface area contributed by atoms with Gasteiger partial charge in [0, 0.05) is 32.4 Å². The lowest BCUT2D eigenvalue weighted by Gasteiger charge is -2.29. The standard InChI is InChI=1S/C20H26N4O/c1-4-5-11-23(3)20-21-15(2)13-18(22-20)19(25)24-12-10-16-8-6-7-9-17(16)14-24/h6-9,13H,4-5,10-12,14H2,1-3H3. The Kier molecular flexibility index (Phi) is 5.31. The van der Waals surface area contributed by atoms with Crippen LogP contribution >= 0.6 is 0 Å². The molecule has 2 aromatic rings. The first-order valence-corrected chi connectivity index (χ1v) is 9.01. The third-order valence-electron chi connectivity index (χ3n) is 4.67. The Hall–Kier alpha value is -2.43. The number of rotatable bonds is 5. The van der Waals surface area contributed by atoms with E-state index in [4.69, 9.17) is 0 Å². The second-order valence-electron chi connectivity index (χ2n) is 6.72. The van der Waals surface area contributed by atoms with Crippen LogP contribution in [0.25, 0.3) is 0 Å². The summed E-state index contributed by atoms with van der Waals surface area (Å²) >= 11 is 0. The molecule has 0 saturated heterocycles. The van der Waals surface area contributed by atoms with Crippen LogP contribution in [0.5, 0.6) is 0 Å². The van der Waals surface area contributed by atoms with Gasteiger partial charge < -0.3 is 9.80 Å². The van der Waals surface area contributed by atoms with Crippen molar-refractivity contribution in [3.8, 4) is 0 Å². The molecule has 2 heterocycles. The van der Waals surface area contributed by atoms with E-state index in [0.29, 0.717) is 18.2 Å². The van der Waals surface area contributed by atoms with Crippen LogP contribution in [0, 0.1) is 6.92 Å². The van der Waals surface area contributed by atoms with Crippen LogP contribution in [0.4, 0.5) is 5.95 Å². The maximum Gasteiger partial charge on any atom is 0.272 e. The minimum absolute atomic E-state index is 0.00913. The quantitative estimate of drug-likeness (QED) is 0.840. The molecule has 0 atom stereocenters. The lowest BCUT2D eigenvalue weighted by atomic mass is 10.00. The second-order valence-corrected chi connectivity index (χ2v) is 6.72. The first kappa shape index (κ1) is 17.4. The second kappa shape index (κ2) is 7.64. The zero-order chi connectivity index (χ0) is 17.8. The SMILES string of the molecule is CCCCN(C)c1nc(C)cc(C(=O)N2CCc3ccccc3C2)n1. The molecule has 5 nitrogen and oxygen atoms in total. The van der Waals surface area contributed by atoms with Gasteiger partial charge in [-0.15, -0.1) is 0 Å². The van der Waals surface area contributed by atoms with Gasteiger partial charge in [0.1, 0.15) is 5.69 Å². The van der Waals surface area contributed by atoms with Crippen molar-refractivity contribution in [2.75, 3.05) is 25.0 Å². The normalized spacial score (nSPS) is 13.5. The fourth-order valence-corrected chi connectivity index (χ4v) is 3.16. The molecular weight excluding hydrogens is 312 g/mol. The number of nitrogens with zero attached hydrogens (tertiary/aromatic N) is 4. The van der Waals surface area contributed by atoms with Crippen molar-refractivity contribution in [3.63, 3.8) is 0 Å². The molecule has 0 radical (unpaired) electrons. The van der Waals surface area contributed by atoms with Crippen molar-refractivity contribution in [2.24, 2.45) is 0 Å². The minimum atomic E-state index is -0.00913. The number of amides is 1. The molecule has 0 saturated carbocycles. The van der Waals surface area contributed by atoms with Gasteiger partial charge in [0.2, 0.25) is 5.95 Å². The van der Waals surface area contributed by atoms with Gasteiger partial charge >= 0.3 is 0 Å². The third-order valence-corrected chi connectivity index (χ3v) is 4.67. The fourth-order valence-electron chi connectivity index (χ4n) is 3.16. The molecule has 0 unspecified atom stereocenters. The highest BCUT2D eigenvalue weighted by Crippen LogP contribution is 2.20. The Labute approximate surface area is 149 Å². The Bertz CT molecular complexity index is 759. The summed E-state index contributed by atoms with van der Waals surface area (Å²) in [5.41, 5.74) is 3.89. The van der Waals surface area contributed by atoms with Gasteiger partial charge in [-0.3, -0.25) is 4.79 Å². The number of aryl methyl sites for hydroxylation is 1. The van der Waals surface area contributed by atoms with Gasteiger partial charge in [-0.1, -0.05) is 37.6 Å². The molecular formula is C20H26N4O. The molecule has 3 rings (SSSR count). The van der Waals surface area contributed by atoms with Gasteiger partial charge in [-0.25, -0.2) is 9.97 Å². The van der Waals surface area contributed by atoms with Crippen LogP contribution in [0.2, 0.25) is 0 Å². The van der Waals surface area contributed by atoms with Crippen LogP contribution in [0.15, 0.2) is 30.3 Å². The van der Waals surface area contributed by atoms with Crippen molar-refractivity contribution < 1.29 is 4.79 Å². The summed E-state index contributed by atoms with van der Waals surface area (Å²) in [4.78, 5) is 25.9. The third kappa shape index (κ3) is 3.98. The minimum Gasteiger partial charge on any atom is -0.344 e. The maximum atomic E-state index is 13.0. The first-order chi connectivity index (χ1) is 12.1. The highest BCUT2D eigenvalue weighted by atomic mass is 16.2. The number of hydrogen-bond acceptors (Lipinski definition) is 4. The maximum absolute atomic E-state index is 13.0. The Morgan fingerprint density at radius 2 is 2.00 bits per heavy atom. The fraction of sp³-hybridized carbons (Fsp3) is 0.450. The average Bonchev–Trinajstić information content (AvgIpc) is 2.64. The van der Waals surface area contributed by atoms with E-state index in [1.165, 1.54) is 11.1 Å². The molecule has 0 fully saturated rings. The molecule has 0 aliphatic carbocycles. The Morgan fingerprint density at radius 1 is 1.24 bits per heavy atom. The van der Waals surface area contributed by atoms with Crippen LogP contribution in [-0.4, -0.2) is 40.9 Å². The van der Waals surface area contributed by atoms with Crippen LogP contribution in [-0.2, 0) is 13.0 Å². The summed E-state index contributed by atoms with van der Waals surface area (Å²) in [6.45, 7) is 6.36. The van der Waals surface area contributed by atoms with Crippen LogP contribution < -0.4 is 4.90 Å². The van der Waals surface area contributed by atoms with E-state index < -0.39 is 0 Å². The summed E-state index contributed by atoms with van der Waals surface area (Å²) in [5, 5.41) is 0. The zero-order valence-corrected chi connectivity index (χ0v) is 15.3. The first-order valence-electron chi connectivity index (χ1n) is 9.01. The lowest BCUT2D eigenvalue weighted by Crippen LogP contribution is -2.36. The molecule has 1 aliphatic rings. The number of unbranched alkanes of at least 4 members (excludes halogenated alkanes) is 1. The summed E-state index contributed by atoms with van der Waals surface area (Å²) in [6, 6.07) is 10.1. The number of hydrogen-bond donors (Lipinski definition) is 0. The van der Waals surface area contributed by atoms with E-state index >= 15 is 0 Å². The van der Waals surface area contributed by atoms with E-state index in [-0.39, 0.29) is 5.91 Å². The molecule has 5 heteroatoms. The highest BCUT2D eigenvalue weighted by molar-refractivity contribution is 5.92. The van der Waals surface area contributed by atoms with Gasteiger partial charge in [0.15, 0.2) is 0 Å². The molecule has 132 valence electrons. The molecule has 1 aromatic heterocycles. The monoisotopic (exact) mass is 338 g/mol. The molecule has 0 N–H and O–H groups in total. The van der Waals surface area contributed by atoms with Crippen molar-refractivity contribution in [1.82, 2.24) is 14.9 Å². The summed E-state index contributed by atoms with van der Waals surface area (Å²) in [7, 11) is 1.98. The van der Waals surface area contributed by atoms with E-state index in [1.807, 2.05) is 29.8 Å². The van der Waals surface area contributed by atoms with Crippen molar-refractivity contribution >= 4 is 11.9 Å². The van der Waals surface area contributed by atoms with Gasteiger partial charge in [-0.2, -0.15) is 0 Å². The highest BCUT2D eigenvalue weighted by Gasteiger charge is 2.23. The van der Waals surface area contributed by atoms with E-state index in [2.05, 4.69) is 35.1 Å². The van der Waals surface area contributed by atoms with E-state index in [0.717, 1.165) is 38.0 Å². The van der Waals surface area contributed by atoms with Crippen LogP contribution in [0.3, 0.4) is 0 Å². The summed E-state index contributed by atoms with van der Waals surface area (Å²) < 4.78 is 0. The lowest BCUT2D eigenvalue weighted by molar-refractivity contribution is 0.0728. The number of carbonyl (C=O) groups is 1. The van der Waals surface area contributed by atoms with Crippen molar-refractivity contribution in [2.45, 2.75) is 39.7 Å².